The van der Waals surface area contributed by atoms with Crippen LogP contribution in [0.5, 0.6) is 0 Å². The lowest BCUT2D eigenvalue weighted by Crippen LogP contribution is -2.32. The average molecular weight is 294 g/mol. The van der Waals surface area contributed by atoms with E-state index in [-0.39, 0.29) is 17.3 Å². The fourth-order valence-electron chi connectivity index (χ4n) is 1.29. The number of rotatable bonds is 4. The molecule has 18 heavy (non-hydrogen) atoms. The van der Waals surface area contributed by atoms with Gasteiger partial charge >= 0.3 is 0 Å². The summed E-state index contributed by atoms with van der Waals surface area (Å²) in [5.41, 5.74) is 0.476. The first kappa shape index (κ1) is 15.2. The van der Waals surface area contributed by atoms with Gasteiger partial charge in [-0.05, 0) is 39.0 Å². The van der Waals surface area contributed by atoms with Crippen LogP contribution >= 0.6 is 11.6 Å². The summed E-state index contributed by atoms with van der Waals surface area (Å²) in [7, 11) is -3.18. The van der Waals surface area contributed by atoms with E-state index >= 15 is 0 Å². The lowest BCUT2D eigenvalue weighted by Gasteiger charge is -2.19. The summed E-state index contributed by atoms with van der Waals surface area (Å²) in [5, 5.41) is 3.13. The molecule has 0 saturated carbocycles. The number of hydrogen-bond donors (Lipinski definition) is 1. The van der Waals surface area contributed by atoms with Crippen molar-refractivity contribution < 1.29 is 12.8 Å². The predicted octanol–water partition coefficient (Wildman–Crippen LogP) is 3.10. The minimum atomic E-state index is -3.18. The molecule has 3 nitrogen and oxygen atoms in total. The molecule has 0 amide bonds. The van der Waals surface area contributed by atoms with Crippen LogP contribution in [0.15, 0.2) is 18.2 Å². The molecule has 1 rings (SSSR count). The van der Waals surface area contributed by atoms with Gasteiger partial charge in [-0.25, -0.2) is 12.8 Å². The molecule has 1 N–H and O–H groups in total. The van der Waals surface area contributed by atoms with Crippen LogP contribution in [-0.2, 0) is 9.84 Å². The summed E-state index contributed by atoms with van der Waals surface area (Å²) < 4.78 is 35.9. The molecule has 1 aromatic rings. The monoisotopic (exact) mass is 293 g/mol. The second-order valence-electron chi connectivity index (χ2n) is 5.02. The molecule has 0 radical (unpaired) electrons. The van der Waals surface area contributed by atoms with Gasteiger partial charge in [0.05, 0.1) is 10.5 Å². The maximum Gasteiger partial charge on any atom is 0.156 e. The van der Waals surface area contributed by atoms with Crippen molar-refractivity contribution in [2.45, 2.75) is 25.5 Å². The molecular weight excluding hydrogens is 277 g/mol. The first-order chi connectivity index (χ1) is 8.12. The van der Waals surface area contributed by atoms with E-state index in [1.54, 1.807) is 26.8 Å². The molecule has 0 aliphatic rings. The summed E-state index contributed by atoms with van der Waals surface area (Å²) in [6.45, 7) is 5.18. The van der Waals surface area contributed by atoms with E-state index in [0.717, 1.165) is 0 Å². The molecule has 0 heterocycles. The Bertz CT molecular complexity index is 503. The normalized spacial score (nSPS) is 12.5. The van der Waals surface area contributed by atoms with Crippen molar-refractivity contribution in [1.82, 2.24) is 0 Å². The van der Waals surface area contributed by atoms with Gasteiger partial charge in [0, 0.05) is 17.3 Å². The van der Waals surface area contributed by atoms with Gasteiger partial charge in [-0.1, -0.05) is 11.6 Å². The minimum Gasteiger partial charge on any atom is -0.384 e. The van der Waals surface area contributed by atoms with Crippen LogP contribution in [0.2, 0.25) is 5.02 Å². The van der Waals surface area contributed by atoms with Crippen molar-refractivity contribution in [3.8, 4) is 0 Å². The molecule has 0 atom stereocenters. The lowest BCUT2D eigenvalue weighted by molar-refractivity contribution is 0.560. The second-order valence-corrected chi connectivity index (χ2v) is 8.32. The Morgan fingerprint density at radius 1 is 1.28 bits per heavy atom. The molecule has 0 bridgehead atoms. The molecule has 0 unspecified atom stereocenters. The highest BCUT2D eigenvalue weighted by Crippen LogP contribution is 2.19. The van der Waals surface area contributed by atoms with Crippen molar-refractivity contribution in [3.05, 3.63) is 29.0 Å². The van der Waals surface area contributed by atoms with E-state index in [4.69, 9.17) is 11.6 Å². The van der Waals surface area contributed by atoms with E-state index in [2.05, 4.69) is 5.32 Å². The zero-order valence-corrected chi connectivity index (χ0v) is 12.2. The lowest BCUT2D eigenvalue weighted by atomic mass is 10.3. The smallest absolute Gasteiger partial charge is 0.156 e. The third-order valence-corrected chi connectivity index (χ3v) is 5.32. The Balaban J connectivity index is 2.63. The third kappa shape index (κ3) is 4.14. The van der Waals surface area contributed by atoms with E-state index in [0.29, 0.717) is 5.69 Å². The molecule has 1 aromatic carbocycles. The Morgan fingerprint density at radius 2 is 1.89 bits per heavy atom. The quantitative estimate of drug-likeness (QED) is 0.928. The van der Waals surface area contributed by atoms with Gasteiger partial charge in [-0.15, -0.1) is 0 Å². The summed E-state index contributed by atoms with van der Waals surface area (Å²) in [6.07, 6.45) is 0. The van der Waals surface area contributed by atoms with Crippen molar-refractivity contribution in [2.75, 3.05) is 17.6 Å². The Morgan fingerprint density at radius 3 is 2.39 bits per heavy atom. The second kappa shape index (κ2) is 5.45. The van der Waals surface area contributed by atoms with E-state index in [9.17, 15) is 12.8 Å². The highest BCUT2D eigenvalue weighted by Gasteiger charge is 2.28. The van der Waals surface area contributed by atoms with Crippen LogP contribution in [0.25, 0.3) is 0 Å². The third-order valence-electron chi connectivity index (χ3n) is 2.50. The van der Waals surface area contributed by atoms with Crippen molar-refractivity contribution >= 4 is 27.1 Å². The Kier molecular flexibility index (Phi) is 4.61. The highest BCUT2D eigenvalue weighted by atomic mass is 35.5. The summed E-state index contributed by atoms with van der Waals surface area (Å²) >= 11 is 5.69. The van der Waals surface area contributed by atoms with Crippen LogP contribution in [0.3, 0.4) is 0 Å². The fourth-order valence-corrected chi connectivity index (χ4v) is 2.50. The molecule has 6 heteroatoms. The van der Waals surface area contributed by atoms with Gasteiger partial charge < -0.3 is 5.32 Å². The van der Waals surface area contributed by atoms with Crippen LogP contribution < -0.4 is 5.32 Å². The maximum absolute atomic E-state index is 13.0. The Labute approximate surface area is 112 Å². The zero-order valence-electron chi connectivity index (χ0n) is 10.6. The number of anilines is 1. The van der Waals surface area contributed by atoms with Crippen molar-refractivity contribution in [1.29, 1.82) is 0 Å². The molecule has 0 aliphatic carbocycles. The van der Waals surface area contributed by atoms with Crippen LogP contribution in [0, 0.1) is 5.82 Å². The number of benzene rings is 1. The zero-order chi connectivity index (χ0) is 14.0. The number of nitrogens with one attached hydrogen (secondary N) is 1. The Hall–Kier alpha value is -0.810. The molecule has 102 valence electrons. The molecule has 0 aromatic heterocycles. The molecule has 0 saturated heterocycles. The number of hydrogen-bond acceptors (Lipinski definition) is 3. The van der Waals surface area contributed by atoms with Gasteiger partial charge in [-0.2, -0.15) is 0 Å². The first-order valence-electron chi connectivity index (χ1n) is 5.54. The highest BCUT2D eigenvalue weighted by molar-refractivity contribution is 7.92. The van der Waals surface area contributed by atoms with Gasteiger partial charge in [0.1, 0.15) is 5.82 Å². The van der Waals surface area contributed by atoms with Gasteiger partial charge in [0.15, 0.2) is 9.84 Å². The predicted molar refractivity (Wildman–Crippen MR) is 73.4 cm³/mol. The van der Waals surface area contributed by atoms with Crippen LogP contribution in [0.1, 0.15) is 20.8 Å². The number of sulfone groups is 1. The standard InChI is InChI=1S/C12H17ClFNO2S/c1-12(2,3)18(16,17)5-4-15-11-7-9(13)6-10(14)8-11/h6-8,15H,4-5H2,1-3H3. The molecule has 0 aliphatic heterocycles. The van der Waals surface area contributed by atoms with Crippen LogP contribution in [0.4, 0.5) is 10.1 Å². The van der Waals surface area contributed by atoms with Gasteiger partial charge in [-0.3, -0.25) is 0 Å². The number of halogens is 2. The molecular formula is C12H17ClFNO2S. The maximum atomic E-state index is 13.0. The first-order valence-corrected chi connectivity index (χ1v) is 7.57. The van der Waals surface area contributed by atoms with E-state index in [1.807, 2.05) is 0 Å². The summed E-state index contributed by atoms with van der Waals surface area (Å²) in [5.74, 6) is -0.464. The SMILES string of the molecule is CC(C)(C)S(=O)(=O)CCNc1cc(F)cc(Cl)c1. The average Bonchev–Trinajstić information content (AvgIpc) is 2.13. The van der Waals surface area contributed by atoms with Gasteiger partial charge in [0.25, 0.3) is 0 Å². The largest absolute Gasteiger partial charge is 0.384 e. The topological polar surface area (TPSA) is 46.2 Å². The van der Waals surface area contributed by atoms with Gasteiger partial charge in [0.2, 0.25) is 0 Å². The van der Waals surface area contributed by atoms with Crippen molar-refractivity contribution in [3.63, 3.8) is 0 Å². The van der Waals surface area contributed by atoms with Crippen molar-refractivity contribution in [2.24, 2.45) is 0 Å². The van der Waals surface area contributed by atoms with Crippen LogP contribution in [-0.4, -0.2) is 25.5 Å². The summed E-state index contributed by atoms with van der Waals surface area (Å²) in [4.78, 5) is 0. The summed E-state index contributed by atoms with van der Waals surface area (Å²) in [6, 6.07) is 4.02. The fraction of sp³-hybridized carbons (Fsp3) is 0.500. The van der Waals surface area contributed by atoms with E-state index in [1.165, 1.54) is 12.1 Å². The molecule has 0 fully saturated rings. The molecule has 0 spiro atoms. The minimum absolute atomic E-state index is 0.00929. The van der Waals surface area contributed by atoms with E-state index < -0.39 is 20.4 Å².